The lowest BCUT2D eigenvalue weighted by Crippen LogP contribution is -3.00. The topological polar surface area (TPSA) is 26.2 Å². The van der Waals surface area contributed by atoms with Crippen LogP contribution in [0.25, 0.3) is 0 Å². The Labute approximate surface area is 65.1 Å². The summed E-state index contributed by atoms with van der Waals surface area (Å²) in [4.78, 5) is 3.01. The van der Waals surface area contributed by atoms with Crippen molar-refractivity contribution in [1.82, 2.24) is 0 Å². The van der Waals surface area contributed by atoms with Gasteiger partial charge in [0.2, 0.25) is 0 Å². The zero-order valence-corrected chi connectivity index (χ0v) is 6.77. The van der Waals surface area contributed by atoms with Crippen LogP contribution >= 0.6 is 0 Å². The Kier molecular flexibility index (Phi) is 4.05. The van der Waals surface area contributed by atoms with E-state index in [9.17, 15) is 0 Å². The van der Waals surface area contributed by atoms with Gasteiger partial charge in [-0.05, 0) is 6.07 Å². The van der Waals surface area contributed by atoms with E-state index >= 15 is 0 Å². The van der Waals surface area contributed by atoms with Gasteiger partial charge in [-0.15, -0.1) is 0 Å². The van der Waals surface area contributed by atoms with E-state index in [0.29, 0.717) is 0 Å². The fraction of sp³-hybridized carbons (Fsp3) is 0.167. The predicted molar refractivity (Wildman–Crippen MR) is 32.5 cm³/mol. The van der Waals surface area contributed by atoms with Crippen LogP contribution in [0.2, 0.25) is 0 Å². The number of halogens is 1. The molecule has 0 fully saturated rings. The molecule has 0 saturated heterocycles. The van der Waals surface area contributed by atoms with E-state index in [-0.39, 0.29) is 17.0 Å². The van der Waals surface area contributed by atoms with Crippen molar-refractivity contribution >= 4 is 5.82 Å². The van der Waals surface area contributed by atoms with Crippen LogP contribution in [0.3, 0.4) is 0 Å². The van der Waals surface area contributed by atoms with Gasteiger partial charge in [0.15, 0.2) is 0 Å². The summed E-state index contributed by atoms with van der Waals surface area (Å²) < 4.78 is 0. The molecule has 0 aromatic carbocycles. The van der Waals surface area contributed by atoms with Crippen LogP contribution in [-0.2, 0) is 0 Å². The minimum atomic E-state index is 0. The molecule has 3 heteroatoms. The molecule has 1 aromatic rings. The summed E-state index contributed by atoms with van der Waals surface area (Å²) in [5.74, 6) is 1.03. The summed E-state index contributed by atoms with van der Waals surface area (Å²) in [6.07, 6.45) is 1.88. The van der Waals surface area contributed by atoms with Crippen LogP contribution in [0.15, 0.2) is 24.4 Å². The third-order valence-corrected chi connectivity index (χ3v) is 0.978. The highest BCUT2D eigenvalue weighted by Gasteiger charge is 1.87. The SMILES string of the molecule is CNc1cccc[nH+]1.[Br-]. The van der Waals surface area contributed by atoms with E-state index in [2.05, 4.69) is 10.3 Å². The minimum absolute atomic E-state index is 0. The van der Waals surface area contributed by atoms with Crippen molar-refractivity contribution in [2.75, 3.05) is 12.4 Å². The number of H-pyrrole nitrogens is 1. The highest BCUT2D eigenvalue weighted by atomic mass is 79.9. The van der Waals surface area contributed by atoms with Crippen LogP contribution in [0.4, 0.5) is 5.82 Å². The Morgan fingerprint density at radius 2 is 2.22 bits per heavy atom. The number of hydrogen-bond donors (Lipinski definition) is 1. The zero-order chi connectivity index (χ0) is 5.82. The van der Waals surface area contributed by atoms with Crippen molar-refractivity contribution in [3.63, 3.8) is 0 Å². The summed E-state index contributed by atoms with van der Waals surface area (Å²) in [6, 6.07) is 5.89. The Morgan fingerprint density at radius 3 is 2.56 bits per heavy atom. The molecule has 0 atom stereocenters. The molecular formula is C6H9BrN2. The lowest BCUT2D eigenvalue weighted by Gasteiger charge is -1.85. The van der Waals surface area contributed by atoms with Gasteiger partial charge in [-0.25, -0.2) is 4.98 Å². The molecule has 9 heavy (non-hydrogen) atoms. The first-order valence-corrected chi connectivity index (χ1v) is 2.58. The number of aromatic nitrogens is 1. The van der Waals surface area contributed by atoms with Gasteiger partial charge in [-0.1, -0.05) is 6.07 Å². The molecule has 50 valence electrons. The van der Waals surface area contributed by atoms with Crippen LogP contribution in [0.5, 0.6) is 0 Å². The molecule has 0 amide bonds. The number of pyridine rings is 1. The van der Waals surface area contributed by atoms with Gasteiger partial charge in [0.25, 0.3) is 5.82 Å². The normalized spacial score (nSPS) is 7.67. The number of aromatic amines is 1. The van der Waals surface area contributed by atoms with Gasteiger partial charge in [0, 0.05) is 6.07 Å². The van der Waals surface area contributed by atoms with Crippen LogP contribution in [-0.4, -0.2) is 7.05 Å². The summed E-state index contributed by atoms with van der Waals surface area (Å²) in [7, 11) is 1.88. The molecule has 2 nitrogen and oxygen atoms in total. The highest BCUT2D eigenvalue weighted by molar-refractivity contribution is 5.24. The van der Waals surface area contributed by atoms with E-state index in [1.807, 2.05) is 31.4 Å². The predicted octanol–water partition coefficient (Wildman–Crippen LogP) is -2.45. The fourth-order valence-electron chi connectivity index (χ4n) is 0.549. The van der Waals surface area contributed by atoms with E-state index in [1.165, 1.54) is 0 Å². The number of anilines is 1. The Morgan fingerprint density at radius 1 is 1.44 bits per heavy atom. The van der Waals surface area contributed by atoms with Crippen LogP contribution in [0.1, 0.15) is 0 Å². The Balaban J connectivity index is 0.000000640. The van der Waals surface area contributed by atoms with Crippen LogP contribution in [0, 0.1) is 0 Å². The molecule has 0 radical (unpaired) electrons. The van der Waals surface area contributed by atoms with E-state index in [1.54, 1.807) is 0 Å². The van der Waals surface area contributed by atoms with Crippen molar-refractivity contribution in [1.29, 1.82) is 0 Å². The largest absolute Gasteiger partial charge is 1.00 e. The van der Waals surface area contributed by atoms with Gasteiger partial charge in [-0.3, -0.25) is 5.32 Å². The molecule has 1 aromatic heterocycles. The lowest BCUT2D eigenvalue weighted by atomic mass is 10.5. The summed E-state index contributed by atoms with van der Waals surface area (Å²) in [6.45, 7) is 0. The molecule has 0 aliphatic rings. The van der Waals surface area contributed by atoms with Crippen molar-refractivity contribution in [2.24, 2.45) is 0 Å². The molecule has 2 N–H and O–H groups in total. The second kappa shape index (κ2) is 4.32. The average Bonchev–Trinajstić information content (AvgIpc) is 1.90. The van der Waals surface area contributed by atoms with Crippen LogP contribution < -0.4 is 27.3 Å². The standard InChI is InChI=1S/C6H8N2.BrH/c1-7-6-4-2-3-5-8-6;/h2-5H,1H3,(H,7,8);1H. The van der Waals surface area contributed by atoms with E-state index < -0.39 is 0 Å². The molecule has 0 spiro atoms. The van der Waals surface area contributed by atoms with Gasteiger partial charge >= 0.3 is 0 Å². The van der Waals surface area contributed by atoms with Crippen molar-refractivity contribution in [3.8, 4) is 0 Å². The summed E-state index contributed by atoms with van der Waals surface area (Å²) in [5, 5.41) is 2.97. The lowest BCUT2D eigenvalue weighted by molar-refractivity contribution is -0.360. The monoisotopic (exact) mass is 188 g/mol. The fourth-order valence-corrected chi connectivity index (χ4v) is 0.549. The Bertz CT molecular complexity index is 152. The molecule has 0 aliphatic heterocycles. The first-order chi connectivity index (χ1) is 3.93. The molecule has 1 rings (SSSR count). The van der Waals surface area contributed by atoms with Gasteiger partial charge in [-0.2, -0.15) is 0 Å². The van der Waals surface area contributed by atoms with Gasteiger partial charge in [0.05, 0.1) is 13.2 Å². The molecule has 0 unspecified atom stereocenters. The van der Waals surface area contributed by atoms with Crippen molar-refractivity contribution in [3.05, 3.63) is 24.4 Å². The van der Waals surface area contributed by atoms with Gasteiger partial charge in [0.1, 0.15) is 0 Å². The zero-order valence-electron chi connectivity index (χ0n) is 5.19. The van der Waals surface area contributed by atoms with Gasteiger partial charge < -0.3 is 17.0 Å². The van der Waals surface area contributed by atoms with Crippen molar-refractivity contribution in [2.45, 2.75) is 0 Å². The molecule has 1 heterocycles. The molecule has 0 aliphatic carbocycles. The summed E-state index contributed by atoms with van der Waals surface area (Å²) in [5.41, 5.74) is 0. The summed E-state index contributed by atoms with van der Waals surface area (Å²) >= 11 is 0. The number of nitrogens with one attached hydrogen (secondary N) is 2. The number of rotatable bonds is 1. The second-order valence-electron chi connectivity index (χ2n) is 1.53. The molecular weight excluding hydrogens is 180 g/mol. The maximum Gasteiger partial charge on any atom is 0.271 e. The third-order valence-electron chi connectivity index (χ3n) is 0.978. The smallest absolute Gasteiger partial charge is 0.271 e. The first-order valence-electron chi connectivity index (χ1n) is 2.58. The molecule has 0 saturated carbocycles. The van der Waals surface area contributed by atoms with E-state index in [4.69, 9.17) is 0 Å². The second-order valence-corrected chi connectivity index (χ2v) is 1.53. The maximum absolute atomic E-state index is 3.01. The number of hydrogen-bond acceptors (Lipinski definition) is 1. The highest BCUT2D eigenvalue weighted by Crippen LogP contribution is 1.89. The Hall–Kier alpha value is -0.570. The maximum atomic E-state index is 3.01. The first kappa shape index (κ1) is 8.43. The van der Waals surface area contributed by atoms with Crippen molar-refractivity contribution < 1.29 is 22.0 Å². The van der Waals surface area contributed by atoms with E-state index in [0.717, 1.165) is 5.82 Å². The molecule has 0 bridgehead atoms. The minimum Gasteiger partial charge on any atom is -1.00 e. The quantitative estimate of drug-likeness (QED) is 0.521. The average molecular weight is 189 g/mol. The third kappa shape index (κ3) is 2.46.